The number of hydrogen-bond acceptors (Lipinski definition) is 4. The van der Waals surface area contributed by atoms with E-state index < -0.39 is 6.09 Å². The van der Waals surface area contributed by atoms with Crippen molar-refractivity contribution in [3.63, 3.8) is 0 Å². The van der Waals surface area contributed by atoms with Gasteiger partial charge in [-0.15, -0.1) is 0 Å². The number of aliphatic imine (C=N–C) groups is 1. The zero-order valence-electron chi connectivity index (χ0n) is 10.5. The predicted molar refractivity (Wildman–Crippen MR) is 68.8 cm³/mol. The molecule has 0 heterocycles. The molecule has 0 bridgehead atoms. The molecule has 0 saturated heterocycles. The predicted octanol–water partition coefficient (Wildman–Crippen LogP) is 3.31. The summed E-state index contributed by atoms with van der Waals surface area (Å²) in [4.78, 5) is 25.2. The lowest BCUT2D eigenvalue weighted by atomic mass is 10.2. The molecule has 5 nitrogen and oxygen atoms in total. The van der Waals surface area contributed by atoms with Crippen LogP contribution in [0.4, 0.5) is 16.2 Å². The fraction of sp³-hybridized carbons (Fsp3) is 0.385. The summed E-state index contributed by atoms with van der Waals surface area (Å²) in [6.45, 7) is 4.23. The van der Waals surface area contributed by atoms with Gasteiger partial charge in [0.2, 0.25) is 6.08 Å². The third-order valence-corrected chi connectivity index (χ3v) is 2.35. The SMILES string of the molecule is CCCCOC(=O)Nc1ccc(C)c(N=C=O)c1. The van der Waals surface area contributed by atoms with Crippen LogP contribution in [0, 0.1) is 6.92 Å². The van der Waals surface area contributed by atoms with Gasteiger partial charge >= 0.3 is 6.09 Å². The van der Waals surface area contributed by atoms with Gasteiger partial charge in [-0.05, 0) is 31.0 Å². The highest BCUT2D eigenvalue weighted by Crippen LogP contribution is 2.22. The van der Waals surface area contributed by atoms with Gasteiger partial charge in [0, 0.05) is 5.69 Å². The van der Waals surface area contributed by atoms with Gasteiger partial charge in [0.25, 0.3) is 0 Å². The number of nitrogens with one attached hydrogen (secondary N) is 1. The van der Waals surface area contributed by atoms with Gasteiger partial charge in [-0.3, -0.25) is 5.32 Å². The van der Waals surface area contributed by atoms with E-state index in [0.29, 0.717) is 18.0 Å². The molecule has 0 aliphatic rings. The van der Waals surface area contributed by atoms with Gasteiger partial charge in [-0.2, -0.15) is 4.99 Å². The largest absolute Gasteiger partial charge is 0.449 e. The Balaban J connectivity index is 2.64. The van der Waals surface area contributed by atoms with Crippen LogP contribution >= 0.6 is 0 Å². The van der Waals surface area contributed by atoms with Crippen molar-refractivity contribution < 1.29 is 14.3 Å². The Morgan fingerprint density at radius 1 is 1.50 bits per heavy atom. The summed E-state index contributed by atoms with van der Waals surface area (Å²) in [7, 11) is 0. The summed E-state index contributed by atoms with van der Waals surface area (Å²) in [5.74, 6) is 0. The summed E-state index contributed by atoms with van der Waals surface area (Å²) in [5, 5.41) is 2.58. The van der Waals surface area contributed by atoms with Gasteiger partial charge in [0.05, 0.1) is 12.3 Å². The molecule has 96 valence electrons. The van der Waals surface area contributed by atoms with Crippen LogP contribution in [0.15, 0.2) is 23.2 Å². The maximum absolute atomic E-state index is 11.4. The second-order valence-electron chi connectivity index (χ2n) is 3.82. The molecule has 0 aliphatic heterocycles. The number of rotatable bonds is 5. The van der Waals surface area contributed by atoms with Crippen molar-refractivity contribution >= 4 is 23.5 Å². The fourth-order valence-electron chi connectivity index (χ4n) is 1.32. The molecule has 0 aromatic heterocycles. The summed E-state index contributed by atoms with van der Waals surface area (Å²) >= 11 is 0. The third-order valence-electron chi connectivity index (χ3n) is 2.35. The Bertz CT molecular complexity index is 465. The molecule has 1 aromatic rings. The minimum Gasteiger partial charge on any atom is -0.449 e. The van der Waals surface area contributed by atoms with Crippen LogP contribution in [0.3, 0.4) is 0 Å². The second-order valence-corrected chi connectivity index (χ2v) is 3.82. The zero-order chi connectivity index (χ0) is 13.4. The van der Waals surface area contributed by atoms with Crippen LogP contribution in [-0.4, -0.2) is 18.8 Å². The van der Waals surface area contributed by atoms with Crippen LogP contribution in [0.5, 0.6) is 0 Å². The van der Waals surface area contributed by atoms with E-state index in [1.807, 2.05) is 13.8 Å². The number of ether oxygens (including phenoxy) is 1. The van der Waals surface area contributed by atoms with Crippen molar-refractivity contribution in [1.82, 2.24) is 0 Å². The number of unbranched alkanes of at least 4 members (excludes halogenated alkanes) is 1. The van der Waals surface area contributed by atoms with E-state index in [4.69, 9.17) is 4.74 Å². The van der Waals surface area contributed by atoms with Gasteiger partial charge in [0.1, 0.15) is 0 Å². The highest BCUT2D eigenvalue weighted by atomic mass is 16.5. The summed E-state index contributed by atoms with van der Waals surface area (Å²) in [6.07, 6.45) is 2.78. The van der Waals surface area contributed by atoms with E-state index in [0.717, 1.165) is 18.4 Å². The third kappa shape index (κ3) is 4.39. The summed E-state index contributed by atoms with van der Waals surface area (Å²) < 4.78 is 4.96. The first-order valence-electron chi connectivity index (χ1n) is 5.79. The Hall–Kier alpha value is -2.13. The number of amides is 1. The highest BCUT2D eigenvalue weighted by molar-refractivity contribution is 5.85. The minimum absolute atomic E-state index is 0.396. The maximum atomic E-state index is 11.4. The lowest BCUT2D eigenvalue weighted by Crippen LogP contribution is -2.14. The van der Waals surface area contributed by atoms with Gasteiger partial charge in [-0.25, -0.2) is 9.59 Å². The number of isocyanates is 1. The van der Waals surface area contributed by atoms with E-state index in [9.17, 15) is 9.59 Å². The van der Waals surface area contributed by atoms with Gasteiger partial charge in [0.15, 0.2) is 0 Å². The molecular weight excluding hydrogens is 232 g/mol. The Morgan fingerprint density at radius 3 is 2.94 bits per heavy atom. The van der Waals surface area contributed by atoms with E-state index in [1.165, 1.54) is 6.08 Å². The minimum atomic E-state index is -0.506. The number of carbonyl (C=O) groups excluding carboxylic acids is 2. The smallest absolute Gasteiger partial charge is 0.411 e. The normalized spacial score (nSPS) is 9.44. The molecule has 0 atom stereocenters. The molecule has 0 aliphatic carbocycles. The average Bonchev–Trinajstić information content (AvgIpc) is 2.34. The van der Waals surface area contributed by atoms with E-state index in [2.05, 4.69) is 10.3 Å². The topological polar surface area (TPSA) is 67.8 Å². The van der Waals surface area contributed by atoms with E-state index in [1.54, 1.807) is 18.2 Å². The van der Waals surface area contributed by atoms with Gasteiger partial charge in [-0.1, -0.05) is 19.4 Å². The van der Waals surface area contributed by atoms with Crippen molar-refractivity contribution in [3.05, 3.63) is 23.8 Å². The lowest BCUT2D eigenvalue weighted by Gasteiger charge is -2.07. The highest BCUT2D eigenvalue weighted by Gasteiger charge is 2.04. The Labute approximate surface area is 106 Å². The summed E-state index contributed by atoms with van der Waals surface area (Å²) in [5.41, 5.74) is 1.86. The van der Waals surface area contributed by atoms with E-state index >= 15 is 0 Å². The molecule has 1 N–H and O–H groups in total. The van der Waals surface area contributed by atoms with Crippen molar-refractivity contribution in [3.8, 4) is 0 Å². The number of nitrogens with zero attached hydrogens (tertiary/aromatic N) is 1. The number of hydrogen-bond donors (Lipinski definition) is 1. The first kappa shape index (κ1) is 13.9. The molecule has 5 heteroatoms. The van der Waals surface area contributed by atoms with Crippen molar-refractivity contribution in [1.29, 1.82) is 0 Å². The number of aryl methyl sites for hydroxylation is 1. The van der Waals surface area contributed by atoms with Crippen molar-refractivity contribution in [2.75, 3.05) is 11.9 Å². The Kier molecular flexibility index (Phi) is 5.61. The van der Waals surface area contributed by atoms with Gasteiger partial charge < -0.3 is 4.74 Å². The second kappa shape index (κ2) is 7.25. The van der Waals surface area contributed by atoms with Crippen LogP contribution in [0.2, 0.25) is 0 Å². The molecule has 1 rings (SSSR count). The first-order chi connectivity index (χ1) is 8.67. The standard InChI is InChI=1S/C13H16N2O3/c1-3-4-7-18-13(17)15-11-6-5-10(2)12(8-11)14-9-16/h5-6,8H,3-4,7H2,1-2H3,(H,15,17). The molecule has 18 heavy (non-hydrogen) atoms. The van der Waals surface area contributed by atoms with Crippen LogP contribution in [0.1, 0.15) is 25.3 Å². The Morgan fingerprint density at radius 2 is 2.28 bits per heavy atom. The van der Waals surface area contributed by atoms with Crippen LogP contribution in [0.25, 0.3) is 0 Å². The lowest BCUT2D eigenvalue weighted by molar-refractivity contribution is 0.160. The monoisotopic (exact) mass is 248 g/mol. The zero-order valence-corrected chi connectivity index (χ0v) is 10.5. The van der Waals surface area contributed by atoms with Crippen molar-refractivity contribution in [2.24, 2.45) is 4.99 Å². The molecule has 1 amide bonds. The molecular formula is C13H16N2O3. The number of benzene rings is 1. The molecule has 0 spiro atoms. The number of carbonyl (C=O) groups is 1. The quantitative estimate of drug-likeness (QED) is 0.493. The van der Waals surface area contributed by atoms with Crippen LogP contribution in [-0.2, 0) is 9.53 Å². The molecule has 0 saturated carbocycles. The molecule has 0 unspecified atom stereocenters. The first-order valence-corrected chi connectivity index (χ1v) is 5.79. The fourth-order valence-corrected chi connectivity index (χ4v) is 1.32. The van der Waals surface area contributed by atoms with E-state index in [-0.39, 0.29) is 0 Å². The average molecular weight is 248 g/mol. The molecule has 0 radical (unpaired) electrons. The maximum Gasteiger partial charge on any atom is 0.411 e. The summed E-state index contributed by atoms with van der Waals surface area (Å²) in [6, 6.07) is 5.08. The molecule has 1 aromatic carbocycles. The van der Waals surface area contributed by atoms with Crippen LogP contribution < -0.4 is 5.32 Å². The van der Waals surface area contributed by atoms with Crippen molar-refractivity contribution in [2.45, 2.75) is 26.7 Å². The number of anilines is 1. The molecule has 0 fully saturated rings.